The summed E-state index contributed by atoms with van der Waals surface area (Å²) < 4.78 is 6.11. The van der Waals surface area contributed by atoms with E-state index in [4.69, 9.17) is 4.43 Å². The van der Waals surface area contributed by atoms with Crippen LogP contribution in [0.25, 0.3) is 0 Å². The van der Waals surface area contributed by atoms with E-state index < -0.39 is 8.32 Å². The first kappa shape index (κ1) is 13.1. The predicted molar refractivity (Wildman–Crippen MR) is 80.0 cm³/mol. The van der Waals surface area contributed by atoms with Crippen molar-refractivity contribution in [2.75, 3.05) is 7.11 Å². The Kier molecular flexibility index (Phi) is 3.99. The van der Waals surface area contributed by atoms with Crippen LogP contribution in [-0.2, 0) is 4.43 Å². The highest BCUT2D eigenvalue weighted by molar-refractivity contribution is 6.98. The highest BCUT2D eigenvalue weighted by atomic mass is 28.4. The molecule has 2 heteroatoms. The maximum atomic E-state index is 6.11. The Morgan fingerprint density at radius 1 is 0.778 bits per heavy atom. The van der Waals surface area contributed by atoms with Gasteiger partial charge in [0.2, 0.25) is 0 Å². The van der Waals surface area contributed by atoms with Gasteiger partial charge in [0, 0.05) is 7.11 Å². The Morgan fingerprint density at radius 2 is 1.17 bits per heavy atom. The molecule has 0 aliphatic carbocycles. The third kappa shape index (κ3) is 2.14. The smallest absolute Gasteiger partial charge is 0.257 e. The predicted octanol–water partition coefficient (Wildman–Crippen LogP) is 2.80. The topological polar surface area (TPSA) is 9.23 Å². The minimum atomic E-state index is -2.10. The molecule has 0 heterocycles. The fraction of sp³-hybridized carbons (Fsp3) is 0.250. The molecule has 0 atom stereocenters. The molecule has 2 rings (SSSR count). The third-order valence-corrected chi connectivity index (χ3v) is 8.19. The lowest BCUT2D eigenvalue weighted by Gasteiger charge is -2.34. The van der Waals surface area contributed by atoms with E-state index >= 15 is 0 Å². The summed E-state index contributed by atoms with van der Waals surface area (Å²) in [4.78, 5) is 0. The Morgan fingerprint density at radius 3 is 1.44 bits per heavy atom. The van der Waals surface area contributed by atoms with Gasteiger partial charge in [-0.2, -0.15) is 0 Å². The maximum Gasteiger partial charge on any atom is 0.257 e. The van der Waals surface area contributed by atoms with E-state index in [1.807, 2.05) is 7.11 Å². The Balaban J connectivity index is 2.61. The zero-order valence-electron chi connectivity index (χ0n) is 11.3. The summed E-state index contributed by atoms with van der Waals surface area (Å²) in [6.45, 7) is 4.52. The van der Waals surface area contributed by atoms with Crippen LogP contribution in [0, 0.1) is 0 Å². The summed E-state index contributed by atoms with van der Waals surface area (Å²) in [7, 11) is -0.246. The monoisotopic (exact) mass is 256 g/mol. The van der Waals surface area contributed by atoms with E-state index in [0.717, 1.165) is 0 Å². The fourth-order valence-electron chi connectivity index (χ4n) is 2.68. The molecule has 0 bridgehead atoms. The molecule has 18 heavy (non-hydrogen) atoms. The van der Waals surface area contributed by atoms with Gasteiger partial charge in [-0.15, -0.1) is 0 Å². The molecule has 0 fully saturated rings. The number of hydrogen-bond donors (Lipinski definition) is 0. The van der Waals surface area contributed by atoms with E-state index in [9.17, 15) is 0 Å². The van der Waals surface area contributed by atoms with E-state index in [-0.39, 0.29) is 0 Å². The van der Waals surface area contributed by atoms with Gasteiger partial charge in [0.05, 0.1) is 0 Å². The second-order valence-corrected chi connectivity index (χ2v) is 9.02. The van der Waals surface area contributed by atoms with Crippen molar-refractivity contribution >= 4 is 18.7 Å². The lowest BCUT2D eigenvalue weighted by atomic mass is 10.4. The fourth-order valence-corrected chi connectivity index (χ4v) is 6.66. The Bertz CT molecular complexity index is 439. The van der Waals surface area contributed by atoms with Gasteiger partial charge in [0.1, 0.15) is 0 Å². The number of benzene rings is 2. The molecule has 1 nitrogen and oxygen atoms in total. The van der Waals surface area contributed by atoms with Gasteiger partial charge in [0.15, 0.2) is 0 Å². The molecular weight excluding hydrogens is 236 g/mol. The first-order valence-electron chi connectivity index (χ1n) is 6.38. The molecule has 0 radical (unpaired) electrons. The standard InChI is InChI=1S/C16H20OSi/c1-14(2)18(17-3,15-10-6-4-7-11-15)16-12-8-5-9-13-16/h4-14H,1-3H3. The molecular formula is C16H20OSi. The summed E-state index contributed by atoms with van der Waals surface area (Å²) in [6.07, 6.45) is 0. The normalized spacial score (nSPS) is 11.8. The molecule has 2 aromatic rings. The third-order valence-electron chi connectivity index (χ3n) is 3.54. The van der Waals surface area contributed by atoms with Gasteiger partial charge >= 0.3 is 0 Å². The molecule has 0 spiro atoms. The van der Waals surface area contributed by atoms with Crippen molar-refractivity contribution < 1.29 is 4.43 Å². The van der Waals surface area contributed by atoms with Crippen LogP contribution in [0.2, 0.25) is 5.54 Å². The van der Waals surface area contributed by atoms with E-state index in [1.54, 1.807) is 0 Å². The molecule has 0 aliphatic rings. The summed E-state index contributed by atoms with van der Waals surface area (Å²) in [5.74, 6) is 0. The van der Waals surface area contributed by atoms with Crippen molar-refractivity contribution in [2.45, 2.75) is 19.4 Å². The first-order chi connectivity index (χ1) is 8.71. The van der Waals surface area contributed by atoms with Crippen LogP contribution < -0.4 is 10.4 Å². The summed E-state index contributed by atoms with van der Waals surface area (Å²) in [6, 6.07) is 21.3. The zero-order chi connectivity index (χ0) is 13.0. The van der Waals surface area contributed by atoms with Gasteiger partial charge in [-0.05, 0) is 15.9 Å². The summed E-state index contributed by atoms with van der Waals surface area (Å²) in [5, 5.41) is 2.68. The van der Waals surface area contributed by atoms with Gasteiger partial charge in [-0.25, -0.2) is 0 Å². The van der Waals surface area contributed by atoms with E-state index in [1.165, 1.54) is 10.4 Å². The van der Waals surface area contributed by atoms with Crippen LogP contribution in [0.1, 0.15) is 13.8 Å². The molecule has 0 amide bonds. The van der Waals surface area contributed by atoms with Crippen LogP contribution in [-0.4, -0.2) is 15.4 Å². The molecule has 2 aromatic carbocycles. The average Bonchev–Trinajstić information content (AvgIpc) is 2.42. The van der Waals surface area contributed by atoms with Gasteiger partial charge in [-0.3, -0.25) is 0 Å². The Hall–Kier alpha value is -1.38. The molecule has 0 unspecified atom stereocenters. The lowest BCUT2D eigenvalue weighted by molar-refractivity contribution is 0.407. The van der Waals surface area contributed by atoms with Crippen molar-refractivity contribution in [3.8, 4) is 0 Å². The summed E-state index contributed by atoms with van der Waals surface area (Å²) >= 11 is 0. The Labute approximate surface area is 111 Å². The molecule has 0 aromatic heterocycles. The van der Waals surface area contributed by atoms with Crippen LogP contribution in [0.3, 0.4) is 0 Å². The van der Waals surface area contributed by atoms with Crippen molar-refractivity contribution in [3.05, 3.63) is 60.7 Å². The van der Waals surface area contributed by atoms with Gasteiger partial charge < -0.3 is 4.43 Å². The minimum absolute atomic E-state index is 0.493. The largest absolute Gasteiger partial charge is 0.411 e. The van der Waals surface area contributed by atoms with Gasteiger partial charge in [-0.1, -0.05) is 74.5 Å². The molecule has 0 saturated heterocycles. The average molecular weight is 256 g/mol. The van der Waals surface area contributed by atoms with Crippen LogP contribution in [0.4, 0.5) is 0 Å². The van der Waals surface area contributed by atoms with Crippen molar-refractivity contribution in [3.63, 3.8) is 0 Å². The highest BCUT2D eigenvalue weighted by Crippen LogP contribution is 2.21. The second-order valence-electron chi connectivity index (χ2n) is 4.83. The van der Waals surface area contributed by atoms with Crippen molar-refractivity contribution in [1.29, 1.82) is 0 Å². The van der Waals surface area contributed by atoms with E-state index in [0.29, 0.717) is 5.54 Å². The molecule has 0 aliphatic heterocycles. The van der Waals surface area contributed by atoms with Crippen molar-refractivity contribution in [2.24, 2.45) is 0 Å². The van der Waals surface area contributed by atoms with Crippen LogP contribution in [0.15, 0.2) is 60.7 Å². The second kappa shape index (κ2) is 5.51. The lowest BCUT2D eigenvalue weighted by Crippen LogP contribution is -2.62. The van der Waals surface area contributed by atoms with Crippen LogP contribution in [0.5, 0.6) is 0 Å². The van der Waals surface area contributed by atoms with Crippen molar-refractivity contribution in [1.82, 2.24) is 0 Å². The number of hydrogen-bond acceptors (Lipinski definition) is 1. The van der Waals surface area contributed by atoms with Crippen LogP contribution >= 0.6 is 0 Å². The van der Waals surface area contributed by atoms with Gasteiger partial charge in [0.25, 0.3) is 8.32 Å². The molecule has 0 saturated carbocycles. The quantitative estimate of drug-likeness (QED) is 0.764. The number of rotatable bonds is 4. The molecule has 0 N–H and O–H groups in total. The maximum absolute atomic E-state index is 6.11. The van der Waals surface area contributed by atoms with E-state index in [2.05, 4.69) is 74.5 Å². The molecule has 94 valence electrons. The summed E-state index contributed by atoms with van der Waals surface area (Å²) in [5.41, 5.74) is 0.493. The highest BCUT2D eigenvalue weighted by Gasteiger charge is 2.41. The SMILES string of the molecule is CO[Si](c1ccccc1)(c1ccccc1)C(C)C. The minimum Gasteiger partial charge on any atom is -0.411 e. The zero-order valence-corrected chi connectivity index (χ0v) is 12.3. The first-order valence-corrected chi connectivity index (χ1v) is 8.36.